The van der Waals surface area contributed by atoms with Crippen molar-refractivity contribution in [3.8, 4) is 5.75 Å². The van der Waals surface area contributed by atoms with Crippen LogP contribution in [-0.4, -0.2) is 50.9 Å². The molecule has 0 radical (unpaired) electrons. The lowest BCUT2D eigenvalue weighted by molar-refractivity contribution is -0.127. The van der Waals surface area contributed by atoms with Gasteiger partial charge in [0.25, 0.3) is 5.91 Å². The van der Waals surface area contributed by atoms with Crippen molar-refractivity contribution in [3.05, 3.63) is 18.2 Å². The molecule has 2 aliphatic rings. The van der Waals surface area contributed by atoms with Crippen molar-refractivity contribution in [2.24, 2.45) is 0 Å². The molecular formula is C16H21N3O5S. The highest BCUT2D eigenvalue weighted by molar-refractivity contribution is 7.89. The third-order valence-corrected chi connectivity index (χ3v) is 5.72. The number of sulfonamides is 1. The summed E-state index contributed by atoms with van der Waals surface area (Å²) in [7, 11) is -3.69. The van der Waals surface area contributed by atoms with Crippen molar-refractivity contribution >= 4 is 27.5 Å². The Kier molecular flexibility index (Phi) is 4.96. The lowest BCUT2D eigenvalue weighted by Gasteiger charge is -2.23. The Balaban J connectivity index is 1.59. The highest BCUT2D eigenvalue weighted by Crippen LogP contribution is 2.31. The Morgan fingerprint density at radius 2 is 2.16 bits per heavy atom. The van der Waals surface area contributed by atoms with E-state index < -0.39 is 16.1 Å². The van der Waals surface area contributed by atoms with Gasteiger partial charge >= 0.3 is 0 Å². The fraction of sp³-hybridized carbons (Fsp3) is 0.500. The molecule has 3 rings (SSSR count). The average Bonchev–Trinajstić information content (AvgIpc) is 2.97. The zero-order chi connectivity index (χ0) is 18.0. The largest absolute Gasteiger partial charge is 0.479 e. The van der Waals surface area contributed by atoms with Crippen molar-refractivity contribution in [3.63, 3.8) is 0 Å². The minimum Gasteiger partial charge on any atom is -0.479 e. The van der Waals surface area contributed by atoms with E-state index in [0.29, 0.717) is 30.8 Å². The Labute approximate surface area is 146 Å². The van der Waals surface area contributed by atoms with E-state index in [-0.39, 0.29) is 23.3 Å². The number of ether oxygens (including phenoxy) is 1. The summed E-state index contributed by atoms with van der Waals surface area (Å²) in [4.78, 5) is 25.0. The number of likely N-dealkylation sites (tertiary alicyclic amines) is 1. The summed E-state index contributed by atoms with van der Waals surface area (Å²) < 4.78 is 32.7. The Morgan fingerprint density at radius 3 is 2.88 bits per heavy atom. The van der Waals surface area contributed by atoms with Crippen LogP contribution in [0.15, 0.2) is 23.1 Å². The second-order valence-corrected chi connectivity index (χ2v) is 7.91. The molecule has 1 atom stereocenters. The predicted octanol–water partition coefficient (Wildman–Crippen LogP) is 0.697. The zero-order valence-corrected chi connectivity index (χ0v) is 14.8. The first-order valence-corrected chi connectivity index (χ1v) is 9.74. The lowest BCUT2D eigenvalue weighted by Crippen LogP contribution is -2.34. The molecule has 2 heterocycles. The molecule has 0 saturated carbocycles. The van der Waals surface area contributed by atoms with Crippen LogP contribution in [0.1, 0.15) is 26.2 Å². The SMILES string of the molecule is C[C@H]1Oc2ccc(S(=O)(=O)NCCCN3CCCC3=O)cc2NC1=O. The van der Waals surface area contributed by atoms with Gasteiger partial charge in [0.15, 0.2) is 6.10 Å². The van der Waals surface area contributed by atoms with E-state index in [1.54, 1.807) is 11.8 Å². The molecule has 0 unspecified atom stereocenters. The molecule has 25 heavy (non-hydrogen) atoms. The minimum atomic E-state index is -3.69. The molecule has 1 saturated heterocycles. The molecule has 2 N–H and O–H groups in total. The van der Waals surface area contributed by atoms with Crippen LogP contribution in [0.4, 0.5) is 5.69 Å². The first-order chi connectivity index (χ1) is 11.9. The smallest absolute Gasteiger partial charge is 0.265 e. The van der Waals surface area contributed by atoms with Gasteiger partial charge in [0.05, 0.1) is 10.6 Å². The number of carbonyl (C=O) groups is 2. The fourth-order valence-electron chi connectivity index (χ4n) is 2.86. The van der Waals surface area contributed by atoms with Crippen LogP contribution < -0.4 is 14.8 Å². The fourth-order valence-corrected chi connectivity index (χ4v) is 3.96. The number of fused-ring (bicyclic) bond motifs is 1. The number of nitrogens with zero attached hydrogens (tertiary/aromatic N) is 1. The van der Waals surface area contributed by atoms with Crippen molar-refractivity contribution in [2.45, 2.75) is 37.2 Å². The number of amides is 2. The maximum absolute atomic E-state index is 12.4. The van der Waals surface area contributed by atoms with Crippen LogP contribution in [0.25, 0.3) is 0 Å². The highest BCUT2D eigenvalue weighted by Gasteiger charge is 2.25. The van der Waals surface area contributed by atoms with Crippen LogP contribution in [0, 0.1) is 0 Å². The van der Waals surface area contributed by atoms with Crippen molar-refractivity contribution in [1.82, 2.24) is 9.62 Å². The Morgan fingerprint density at radius 1 is 1.36 bits per heavy atom. The number of anilines is 1. The molecular weight excluding hydrogens is 346 g/mol. The summed E-state index contributed by atoms with van der Waals surface area (Å²) >= 11 is 0. The normalized spacial score (nSPS) is 20.2. The van der Waals surface area contributed by atoms with E-state index in [9.17, 15) is 18.0 Å². The molecule has 1 aromatic rings. The van der Waals surface area contributed by atoms with Crippen LogP contribution >= 0.6 is 0 Å². The molecule has 136 valence electrons. The summed E-state index contributed by atoms with van der Waals surface area (Å²) in [6, 6.07) is 4.35. The quantitative estimate of drug-likeness (QED) is 0.720. The predicted molar refractivity (Wildman–Crippen MR) is 90.8 cm³/mol. The standard InChI is InChI=1S/C16H21N3O5S/c1-11-16(21)18-13-10-12(5-6-14(13)24-11)25(22,23)17-7-3-9-19-8-2-4-15(19)20/h5-6,10-11,17H,2-4,7-9H2,1H3,(H,18,21)/t11-/m1/s1. The highest BCUT2D eigenvalue weighted by atomic mass is 32.2. The molecule has 8 nitrogen and oxygen atoms in total. The van der Waals surface area contributed by atoms with Gasteiger partial charge in [-0.15, -0.1) is 0 Å². The number of rotatable bonds is 6. The van der Waals surface area contributed by atoms with Gasteiger partial charge in [-0.05, 0) is 38.0 Å². The molecule has 0 aromatic heterocycles. The van der Waals surface area contributed by atoms with Crippen molar-refractivity contribution in [1.29, 1.82) is 0 Å². The third kappa shape index (κ3) is 3.93. The third-order valence-electron chi connectivity index (χ3n) is 4.26. The summed E-state index contributed by atoms with van der Waals surface area (Å²) in [5.74, 6) is 0.256. The maximum atomic E-state index is 12.4. The van der Waals surface area contributed by atoms with Gasteiger partial charge in [-0.3, -0.25) is 9.59 Å². The van der Waals surface area contributed by atoms with Crippen LogP contribution in [-0.2, 0) is 19.6 Å². The number of benzene rings is 1. The molecule has 0 spiro atoms. The van der Waals surface area contributed by atoms with E-state index in [2.05, 4.69) is 10.0 Å². The Hall–Kier alpha value is -2.13. The number of hydrogen-bond donors (Lipinski definition) is 2. The van der Waals surface area contributed by atoms with Crippen LogP contribution in [0.3, 0.4) is 0 Å². The van der Waals surface area contributed by atoms with E-state index in [1.165, 1.54) is 18.2 Å². The molecule has 0 bridgehead atoms. The molecule has 1 aromatic carbocycles. The van der Waals surface area contributed by atoms with Gasteiger partial charge < -0.3 is 15.0 Å². The van der Waals surface area contributed by atoms with Crippen LogP contribution in [0.5, 0.6) is 5.75 Å². The first kappa shape index (κ1) is 17.7. The molecule has 1 fully saturated rings. The van der Waals surface area contributed by atoms with E-state index in [1.807, 2.05) is 0 Å². The summed E-state index contributed by atoms with van der Waals surface area (Å²) in [6.07, 6.45) is 1.38. The number of carbonyl (C=O) groups excluding carboxylic acids is 2. The van der Waals surface area contributed by atoms with Crippen molar-refractivity contribution in [2.75, 3.05) is 25.0 Å². The summed E-state index contributed by atoms with van der Waals surface area (Å²) in [6.45, 7) is 3.15. The molecule has 2 amide bonds. The number of nitrogens with one attached hydrogen (secondary N) is 2. The van der Waals surface area contributed by atoms with Gasteiger partial charge in [-0.25, -0.2) is 13.1 Å². The summed E-state index contributed by atoms with van der Waals surface area (Å²) in [5, 5.41) is 2.63. The van der Waals surface area contributed by atoms with E-state index >= 15 is 0 Å². The molecule has 0 aliphatic carbocycles. The van der Waals surface area contributed by atoms with Gasteiger partial charge in [-0.2, -0.15) is 0 Å². The van der Waals surface area contributed by atoms with Gasteiger partial charge in [0, 0.05) is 26.1 Å². The number of hydrogen-bond acceptors (Lipinski definition) is 5. The second kappa shape index (κ2) is 7.01. The van der Waals surface area contributed by atoms with E-state index in [4.69, 9.17) is 4.74 Å². The monoisotopic (exact) mass is 367 g/mol. The lowest BCUT2D eigenvalue weighted by atomic mass is 10.2. The zero-order valence-electron chi connectivity index (χ0n) is 13.9. The molecule has 2 aliphatic heterocycles. The van der Waals surface area contributed by atoms with Crippen LogP contribution in [0.2, 0.25) is 0 Å². The van der Waals surface area contributed by atoms with Gasteiger partial charge in [0.1, 0.15) is 5.75 Å². The first-order valence-electron chi connectivity index (χ1n) is 8.26. The minimum absolute atomic E-state index is 0.0574. The summed E-state index contributed by atoms with van der Waals surface area (Å²) in [5.41, 5.74) is 0.341. The Bertz CT molecular complexity index is 793. The topological polar surface area (TPSA) is 105 Å². The van der Waals surface area contributed by atoms with Gasteiger partial charge in [-0.1, -0.05) is 0 Å². The average molecular weight is 367 g/mol. The van der Waals surface area contributed by atoms with E-state index in [0.717, 1.165) is 13.0 Å². The second-order valence-electron chi connectivity index (χ2n) is 6.14. The maximum Gasteiger partial charge on any atom is 0.265 e. The van der Waals surface area contributed by atoms with Crippen molar-refractivity contribution < 1.29 is 22.7 Å². The molecule has 9 heteroatoms. The van der Waals surface area contributed by atoms with Gasteiger partial charge in [0.2, 0.25) is 15.9 Å².